The molecule has 0 unspecified atom stereocenters. The second-order valence-corrected chi connectivity index (χ2v) is 8.04. The Labute approximate surface area is 173 Å². The monoisotopic (exact) mass is 417 g/mol. The van der Waals surface area contributed by atoms with Crippen molar-refractivity contribution in [2.75, 3.05) is 17.2 Å². The number of nitro benzene ring substituents is 1. The quantitative estimate of drug-likeness (QED) is 0.522. The first kappa shape index (κ1) is 22.9. The average Bonchev–Trinajstić information content (AvgIpc) is 2.62. The van der Waals surface area contributed by atoms with Gasteiger partial charge in [-0.25, -0.2) is 4.79 Å². The highest BCUT2D eigenvalue weighted by atomic mass is 16.6. The van der Waals surface area contributed by atoms with E-state index in [9.17, 15) is 24.5 Å². The molecule has 10 heteroatoms. The number of nitrogens with one attached hydrogen (secondary N) is 1. The van der Waals surface area contributed by atoms with Gasteiger partial charge in [-0.2, -0.15) is 0 Å². The summed E-state index contributed by atoms with van der Waals surface area (Å²) < 4.78 is 1.20. The van der Waals surface area contributed by atoms with E-state index in [1.54, 1.807) is 0 Å². The molecule has 0 saturated heterocycles. The summed E-state index contributed by atoms with van der Waals surface area (Å²) in [6.45, 7) is 9.28. The number of nitrogens with two attached hydrogens (primary N) is 1. The molecule has 0 spiro atoms. The van der Waals surface area contributed by atoms with Gasteiger partial charge in [0.1, 0.15) is 11.4 Å². The Kier molecular flexibility index (Phi) is 6.81. The van der Waals surface area contributed by atoms with Gasteiger partial charge in [0.25, 0.3) is 17.2 Å². The number of aromatic amines is 1. The summed E-state index contributed by atoms with van der Waals surface area (Å²) >= 11 is 0. The third kappa shape index (κ3) is 4.58. The van der Waals surface area contributed by atoms with Crippen LogP contribution in [-0.4, -0.2) is 26.9 Å². The lowest BCUT2D eigenvalue weighted by atomic mass is 10.1. The van der Waals surface area contributed by atoms with Gasteiger partial charge in [0.15, 0.2) is 5.69 Å². The molecule has 1 heterocycles. The molecule has 0 aliphatic rings. The molecular weight excluding hydrogens is 390 g/mol. The van der Waals surface area contributed by atoms with E-state index in [2.05, 4.69) is 4.98 Å². The molecule has 2 aromatic rings. The number of H-pyrrole nitrogens is 1. The van der Waals surface area contributed by atoms with E-state index >= 15 is 0 Å². The van der Waals surface area contributed by atoms with Crippen molar-refractivity contribution in [3.05, 3.63) is 60.3 Å². The molecule has 1 aromatic carbocycles. The Morgan fingerprint density at radius 2 is 1.87 bits per heavy atom. The van der Waals surface area contributed by atoms with Crippen molar-refractivity contribution in [3.63, 3.8) is 0 Å². The second-order valence-electron chi connectivity index (χ2n) is 8.04. The summed E-state index contributed by atoms with van der Waals surface area (Å²) in [7, 11) is 0. The highest BCUT2D eigenvalue weighted by Crippen LogP contribution is 2.28. The Bertz CT molecular complexity index is 1080. The fourth-order valence-corrected chi connectivity index (χ4v) is 3.24. The van der Waals surface area contributed by atoms with Crippen LogP contribution in [0, 0.1) is 28.9 Å². The van der Waals surface area contributed by atoms with Crippen molar-refractivity contribution < 1.29 is 9.72 Å². The molecule has 0 fully saturated rings. The van der Waals surface area contributed by atoms with Gasteiger partial charge in [-0.15, -0.1) is 0 Å². The minimum Gasteiger partial charge on any atom is -0.383 e. The summed E-state index contributed by atoms with van der Waals surface area (Å²) in [6, 6.07) is 4.41. The van der Waals surface area contributed by atoms with Crippen molar-refractivity contribution in [1.82, 2.24) is 9.55 Å². The molecule has 0 saturated carbocycles. The number of aryl methyl sites for hydroxylation is 1. The summed E-state index contributed by atoms with van der Waals surface area (Å²) in [5.74, 6) is -0.911. The third-order valence-corrected chi connectivity index (χ3v) is 4.48. The van der Waals surface area contributed by atoms with E-state index < -0.39 is 22.1 Å². The molecule has 2 rings (SSSR count). The predicted octanol–water partition coefficient (Wildman–Crippen LogP) is 2.29. The van der Waals surface area contributed by atoms with E-state index in [0.29, 0.717) is 5.56 Å². The van der Waals surface area contributed by atoms with Crippen molar-refractivity contribution in [1.29, 1.82) is 0 Å². The van der Waals surface area contributed by atoms with Gasteiger partial charge in [0.2, 0.25) is 0 Å². The van der Waals surface area contributed by atoms with Crippen molar-refractivity contribution in [2.45, 2.75) is 41.2 Å². The predicted molar refractivity (Wildman–Crippen MR) is 115 cm³/mol. The number of rotatable bonds is 7. The molecule has 0 bridgehead atoms. The van der Waals surface area contributed by atoms with Gasteiger partial charge in [-0.3, -0.25) is 34.2 Å². The number of carbonyl (C=O) groups is 1. The Hall–Kier alpha value is -3.43. The third-order valence-electron chi connectivity index (χ3n) is 4.48. The van der Waals surface area contributed by atoms with Crippen LogP contribution in [0.1, 0.15) is 43.6 Å². The first-order valence-corrected chi connectivity index (χ1v) is 9.64. The van der Waals surface area contributed by atoms with Crippen LogP contribution < -0.4 is 21.9 Å². The smallest absolute Gasteiger partial charge is 0.330 e. The number of carbonyl (C=O) groups excluding carboxylic acids is 1. The summed E-state index contributed by atoms with van der Waals surface area (Å²) in [6.07, 6.45) is 0. The largest absolute Gasteiger partial charge is 0.383 e. The normalized spacial score (nSPS) is 11.2. The number of nitrogens with zero attached hydrogens (tertiary/aromatic N) is 3. The van der Waals surface area contributed by atoms with Crippen LogP contribution in [-0.2, 0) is 6.54 Å². The molecule has 162 valence electrons. The lowest BCUT2D eigenvalue weighted by Gasteiger charge is -2.26. The molecule has 0 aliphatic carbocycles. The fraction of sp³-hybridized carbons (Fsp3) is 0.450. The Morgan fingerprint density at radius 3 is 2.40 bits per heavy atom. The first-order valence-electron chi connectivity index (χ1n) is 9.64. The number of benzene rings is 1. The van der Waals surface area contributed by atoms with Crippen LogP contribution in [0.5, 0.6) is 0 Å². The lowest BCUT2D eigenvalue weighted by Crippen LogP contribution is -2.43. The van der Waals surface area contributed by atoms with Crippen LogP contribution in [0.25, 0.3) is 0 Å². The van der Waals surface area contributed by atoms with Crippen LogP contribution in [0.3, 0.4) is 0 Å². The number of nitro groups is 1. The molecule has 30 heavy (non-hydrogen) atoms. The topological polar surface area (TPSA) is 144 Å². The molecule has 0 radical (unpaired) electrons. The number of amides is 1. The van der Waals surface area contributed by atoms with E-state index in [1.165, 1.54) is 29.7 Å². The van der Waals surface area contributed by atoms with Crippen molar-refractivity contribution in [2.24, 2.45) is 11.8 Å². The van der Waals surface area contributed by atoms with Crippen molar-refractivity contribution in [3.8, 4) is 0 Å². The molecule has 3 N–H and O–H groups in total. The molecule has 1 amide bonds. The van der Waals surface area contributed by atoms with Gasteiger partial charge in [-0.1, -0.05) is 39.8 Å². The second kappa shape index (κ2) is 8.93. The maximum absolute atomic E-state index is 13.4. The van der Waals surface area contributed by atoms with Crippen molar-refractivity contribution >= 4 is 23.1 Å². The van der Waals surface area contributed by atoms with Gasteiger partial charge < -0.3 is 5.73 Å². The lowest BCUT2D eigenvalue weighted by molar-refractivity contribution is -0.385. The highest BCUT2D eigenvalue weighted by Gasteiger charge is 2.31. The fourth-order valence-electron chi connectivity index (χ4n) is 3.24. The SMILES string of the molecule is Cc1cccc(C(=O)N(CC(C)C)c2c(N)n(CC(C)C)c(=O)[nH]c2=O)c1[N+](=O)[O-]. The first-order chi connectivity index (χ1) is 14.0. The molecular formula is C20H27N5O5. The maximum atomic E-state index is 13.4. The summed E-state index contributed by atoms with van der Waals surface area (Å²) in [5, 5.41) is 11.6. The number of aromatic nitrogens is 2. The molecule has 10 nitrogen and oxygen atoms in total. The summed E-state index contributed by atoms with van der Waals surface area (Å²) in [5.41, 5.74) is 4.33. The van der Waals surface area contributed by atoms with Crippen LogP contribution in [0.4, 0.5) is 17.2 Å². The van der Waals surface area contributed by atoms with E-state index in [4.69, 9.17) is 5.73 Å². The zero-order chi connectivity index (χ0) is 22.7. The number of hydrogen-bond acceptors (Lipinski definition) is 6. The Morgan fingerprint density at radius 1 is 1.23 bits per heavy atom. The van der Waals surface area contributed by atoms with Crippen LogP contribution in [0.2, 0.25) is 0 Å². The average molecular weight is 417 g/mol. The highest BCUT2D eigenvalue weighted by molar-refractivity contribution is 6.10. The van der Waals surface area contributed by atoms with E-state index in [0.717, 1.165) is 4.90 Å². The maximum Gasteiger partial charge on any atom is 0.330 e. The zero-order valence-corrected chi connectivity index (χ0v) is 17.8. The van der Waals surface area contributed by atoms with Crippen LogP contribution >= 0.6 is 0 Å². The molecule has 1 aromatic heterocycles. The van der Waals surface area contributed by atoms with E-state index in [-0.39, 0.29) is 47.7 Å². The number of hydrogen-bond donors (Lipinski definition) is 2. The minimum atomic E-state index is -0.818. The van der Waals surface area contributed by atoms with E-state index in [1.807, 2.05) is 27.7 Å². The molecule has 0 aliphatic heterocycles. The number of anilines is 2. The minimum absolute atomic E-state index is 0.0517. The Balaban J connectivity index is 2.76. The van der Waals surface area contributed by atoms with Gasteiger partial charge >= 0.3 is 5.69 Å². The van der Waals surface area contributed by atoms with Gasteiger partial charge in [0.05, 0.1) is 4.92 Å². The van der Waals surface area contributed by atoms with Crippen LogP contribution in [0.15, 0.2) is 27.8 Å². The molecule has 0 atom stereocenters. The standard InChI is InChI=1S/C20H27N5O5/c1-11(2)9-23(19(27)14-8-6-7-13(5)15(14)25(29)30)16-17(21)24(10-12(3)4)20(28)22-18(16)26/h6-8,11-12H,9-10,21H2,1-5H3,(H,22,26,28). The van der Waals surface area contributed by atoms with Gasteiger partial charge in [0, 0.05) is 18.7 Å². The number of nitrogen functional groups attached to an aromatic ring is 1. The zero-order valence-electron chi connectivity index (χ0n) is 17.8. The summed E-state index contributed by atoms with van der Waals surface area (Å²) in [4.78, 5) is 52.6. The number of para-hydroxylation sites is 1. The van der Waals surface area contributed by atoms with Gasteiger partial charge in [-0.05, 0) is 24.8 Å².